The van der Waals surface area contributed by atoms with Crippen molar-refractivity contribution in [1.82, 2.24) is 10.3 Å². The zero-order chi connectivity index (χ0) is 14.3. The molecule has 0 spiro atoms. The van der Waals surface area contributed by atoms with Gasteiger partial charge in [0.15, 0.2) is 0 Å². The molecular weight excluding hydrogens is 246 g/mol. The first-order valence-electron chi connectivity index (χ1n) is 6.19. The van der Waals surface area contributed by atoms with Gasteiger partial charge in [-0.3, -0.25) is 14.6 Å². The summed E-state index contributed by atoms with van der Waals surface area (Å²) in [5.41, 5.74) is 1.16. The Labute approximate surface area is 112 Å². The zero-order valence-corrected chi connectivity index (χ0v) is 11.1. The number of hydrogen-bond acceptors (Lipinski definition) is 4. The highest BCUT2D eigenvalue weighted by molar-refractivity contribution is 5.92. The van der Waals surface area contributed by atoms with E-state index in [4.69, 9.17) is 5.11 Å². The highest BCUT2D eigenvalue weighted by atomic mass is 16.4. The molecule has 0 radical (unpaired) electrons. The minimum Gasteiger partial charge on any atom is -0.481 e. The molecule has 3 N–H and O–H groups in total. The van der Waals surface area contributed by atoms with E-state index in [9.17, 15) is 9.59 Å². The average Bonchev–Trinajstić information content (AvgIpc) is 2.42. The number of carboxylic acids is 1. The fourth-order valence-corrected chi connectivity index (χ4v) is 1.56. The Morgan fingerprint density at radius 3 is 2.84 bits per heavy atom. The van der Waals surface area contributed by atoms with Crippen LogP contribution >= 0.6 is 0 Å². The van der Waals surface area contributed by atoms with Gasteiger partial charge in [-0.25, -0.2) is 0 Å². The molecule has 0 aliphatic rings. The summed E-state index contributed by atoms with van der Waals surface area (Å²) in [7, 11) is 1.55. The SMILES string of the molecule is CNC(=O)c1cc(NCCCC(C)C(=O)O)ccn1. The largest absolute Gasteiger partial charge is 0.481 e. The Morgan fingerprint density at radius 1 is 1.47 bits per heavy atom. The van der Waals surface area contributed by atoms with Gasteiger partial charge in [-0.05, 0) is 25.0 Å². The van der Waals surface area contributed by atoms with Gasteiger partial charge in [0.2, 0.25) is 0 Å². The molecule has 0 bridgehead atoms. The van der Waals surface area contributed by atoms with Crippen LogP contribution in [0.2, 0.25) is 0 Å². The van der Waals surface area contributed by atoms with Crippen molar-refractivity contribution in [3.8, 4) is 0 Å². The number of amides is 1. The van der Waals surface area contributed by atoms with E-state index in [1.807, 2.05) is 0 Å². The summed E-state index contributed by atoms with van der Waals surface area (Å²) in [5, 5.41) is 14.4. The lowest BCUT2D eigenvalue weighted by molar-refractivity contribution is -0.141. The van der Waals surface area contributed by atoms with Crippen LogP contribution in [-0.4, -0.2) is 35.6 Å². The number of nitrogens with one attached hydrogen (secondary N) is 2. The minimum atomic E-state index is -0.772. The number of rotatable bonds is 7. The van der Waals surface area contributed by atoms with Crippen molar-refractivity contribution >= 4 is 17.6 Å². The molecule has 1 atom stereocenters. The molecule has 6 heteroatoms. The monoisotopic (exact) mass is 265 g/mol. The van der Waals surface area contributed by atoms with Gasteiger partial charge < -0.3 is 15.7 Å². The lowest BCUT2D eigenvalue weighted by Gasteiger charge is -2.09. The van der Waals surface area contributed by atoms with E-state index >= 15 is 0 Å². The molecule has 6 nitrogen and oxygen atoms in total. The standard InChI is InChI=1S/C13H19N3O3/c1-9(13(18)19)4-3-6-15-10-5-7-16-11(8-10)12(17)14-2/h5,7-9H,3-4,6H2,1-2H3,(H,14,17)(H,15,16)(H,18,19). The minimum absolute atomic E-state index is 0.233. The van der Waals surface area contributed by atoms with Crippen LogP contribution in [0.1, 0.15) is 30.3 Å². The molecule has 1 unspecified atom stereocenters. The van der Waals surface area contributed by atoms with E-state index in [0.717, 1.165) is 12.1 Å². The predicted molar refractivity (Wildman–Crippen MR) is 72.2 cm³/mol. The van der Waals surface area contributed by atoms with Crippen molar-refractivity contribution < 1.29 is 14.7 Å². The number of carbonyl (C=O) groups is 2. The van der Waals surface area contributed by atoms with E-state index in [2.05, 4.69) is 15.6 Å². The van der Waals surface area contributed by atoms with Crippen LogP contribution in [0.25, 0.3) is 0 Å². The number of carboxylic acid groups (broad SMARTS) is 1. The van der Waals surface area contributed by atoms with E-state index in [-0.39, 0.29) is 11.8 Å². The molecule has 0 fully saturated rings. The van der Waals surface area contributed by atoms with Gasteiger partial charge >= 0.3 is 5.97 Å². The maximum absolute atomic E-state index is 11.4. The number of aliphatic carboxylic acids is 1. The zero-order valence-electron chi connectivity index (χ0n) is 11.1. The van der Waals surface area contributed by atoms with Crippen molar-refractivity contribution in [1.29, 1.82) is 0 Å². The van der Waals surface area contributed by atoms with Gasteiger partial charge in [-0.1, -0.05) is 6.92 Å². The molecule has 0 saturated heterocycles. The third kappa shape index (κ3) is 4.95. The van der Waals surface area contributed by atoms with E-state index in [1.54, 1.807) is 32.3 Å². The summed E-state index contributed by atoms with van der Waals surface area (Å²) in [6.07, 6.45) is 2.94. The van der Waals surface area contributed by atoms with Crippen molar-refractivity contribution in [2.75, 3.05) is 18.9 Å². The Hall–Kier alpha value is -2.11. The summed E-state index contributed by atoms with van der Waals surface area (Å²) >= 11 is 0. The third-order valence-corrected chi connectivity index (χ3v) is 2.78. The molecule has 1 aromatic rings. The van der Waals surface area contributed by atoms with Crippen LogP contribution in [0.4, 0.5) is 5.69 Å². The number of carbonyl (C=O) groups excluding carboxylic acids is 1. The first-order chi connectivity index (χ1) is 9.04. The van der Waals surface area contributed by atoms with E-state index in [1.165, 1.54) is 0 Å². The second-order valence-electron chi connectivity index (χ2n) is 4.32. The second kappa shape index (κ2) is 7.35. The smallest absolute Gasteiger partial charge is 0.306 e. The molecule has 1 amide bonds. The number of pyridine rings is 1. The number of aromatic nitrogens is 1. The van der Waals surface area contributed by atoms with Crippen molar-refractivity contribution in [3.63, 3.8) is 0 Å². The molecule has 0 saturated carbocycles. The first kappa shape index (κ1) is 14.9. The number of hydrogen-bond donors (Lipinski definition) is 3. The summed E-state index contributed by atoms with van der Waals surface area (Å²) in [4.78, 5) is 26.0. The Balaban J connectivity index is 2.41. The quantitative estimate of drug-likeness (QED) is 0.647. The molecular formula is C13H19N3O3. The summed E-state index contributed by atoms with van der Waals surface area (Å²) < 4.78 is 0. The van der Waals surface area contributed by atoms with Crippen molar-refractivity contribution in [2.24, 2.45) is 5.92 Å². The molecule has 1 aromatic heterocycles. The Morgan fingerprint density at radius 2 is 2.21 bits per heavy atom. The molecule has 1 rings (SSSR count). The van der Waals surface area contributed by atoms with Gasteiger partial charge in [0.1, 0.15) is 5.69 Å². The van der Waals surface area contributed by atoms with Crippen LogP contribution in [0.3, 0.4) is 0 Å². The Bertz CT molecular complexity index is 449. The normalized spacial score (nSPS) is 11.7. The fourth-order valence-electron chi connectivity index (χ4n) is 1.56. The molecule has 104 valence electrons. The van der Waals surface area contributed by atoms with Gasteiger partial charge in [0.25, 0.3) is 5.91 Å². The third-order valence-electron chi connectivity index (χ3n) is 2.78. The highest BCUT2D eigenvalue weighted by Gasteiger charge is 2.09. The maximum atomic E-state index is 11.4. The molecule has 0 aromatic carbocycles. The van der Waals surface area contributed by atoms with Gasteiger partial charge in [-0.2, -0.15) is 0 Å². The topological polar surface area (TPSA) is 91.3 Å². The fraction of sp³-hybridized carbons (Fsp3) is 0.462. The molecule has 0 aliphatic carbocycles. The maximum Gasteiger partial charge on any atom is 0.306 e. The van der Waals surface area contributed by atoms with Crippen LogP contribution in [0.15, 0.2) is 18.3 Å². The summed E-state index contributed by atoms with van der Waals surface area (Å²) in [6.45, 7) is 2.35. The van der Waals surface area contributed by atoms with E-state index in [0.29, 0.717) is 18.7 Å². The number of anilines is 1. The van der Waals surface area contributed by atoms with Crippen molar-refractivity contribution in [3.05, 3.63) is 24.0 Å². The first-order valence-corrected chi connectivity index (χ1v) is 6.19. The second-order valence-corrected chi connectivity index (χ2v) is 4.32. The van der Waals surface area contributed by atoms with Crippen LogP contribution in [0, 0.1) is 5.92 Å². The predicted octanol–water partition coefficient (Wildman–Crippen LogP) is 1.35. The lowest BCUT2D eigenvalue weighted by atomic mass is 10.1. The highest BCUT2D eigenvalue weighted by Crippen LogP contribution is 2.10. The molecule has 0 aliphatic heterocycles. The van der Waals surface area contributed by atoms with Crippen LogP contribution in [0.5, 0.6) is 0 Å². The van der Waals surface area contributed by atoms with E-state index < -0.39 is 5.97 Å². The summed E-state index contributed by atoms with van der Waals surface area (Å²) in [5.74, 6) is -1.34. The Kier molecular flexibility index (Phi) is 5.78. The van der Waals surface area contributed by atoms with Gasteiger partial charge in [-0.15, -0.1) is 0 Å². The van der Waals surface area contributed by atoms with Crippen LogP contribution in [-0.2, 0) is 4.79 Å². The molecule has 1 heterocycles. The molecule has 19 heavy (non-hydrogen) atoms. The lowest BCUT2D eigenvalue weighted by Crippen LogP contribution is -2.19. The van der Waals surface area contributed by atoms with Crippen LogP contribution < -0.4 is 10.6 Å². The summed E-state index contributed by atoms with van der Waals surface area (Å²) in [6, 6.07) is 3.44. The van der Waals surface area contributed by atoms with Gasteiger partial charge in [0, 0.05) is 25.5 Å². The average molecular weight is 265 g/mol. The number of nitrogens with zero attached hydrogens (tertiary/aromatic N) is 1. The van der Waals surface area contributed by atoms with Crippen molar-refractivity contribution in [2.45, 2.75) is 19.8 Å². The van der Waals surface area contributed by atoms with Gasteiger partial charge in [0.05, 0.1) is 5.92 Å².